The van der Waals surface area contributed by atoms with Crippen LogP contribution in [0.3, 0.4) is 0 Å². The van der Waals surface area contributed by atoms with Gasteiger partial charge in [-0.15, -0.1) is 0 Å². The summed E-state index contributed by atoms with van der Waals surface area (Å²) in [6.45, 7) is 0.358. The summed E-state index contributed by atoms with van der Waals surface area (Å²) in [5, 5.41) is 4.67. The van der Waals surface area contributed by atoms with Gasteiger partial charge in [-0.05, 0) is 11.5 Å². The monoisotopic (exact) mass is 201 g/mol. The van der Waals surface area contributed by atoms with Gasteiger partial charge in [0.2, 0.25) is 0 Å². The van der Waals surface area contributed by atoms with Crippen LogP contribution in [-0.4, -0.2) is 11.0 Å². The maximum absolute atomic E-state index is 10.6. The number of carbonyl (C=O) groups is 1. The minimum atomic E-state index is -0.537. The number of amides is 2. The molecule has 15 heavy (non-hydrogen) atoms. The minimum Gasteiger partial charge on any atom is -0.352 e. The lowest BCUT2D eigenvalue weighted by Crippen LogP contribution is -2.29. The number of rotatable bonds is 2. The molecule has 0 fully saturated rings. The third-order valence-electron chi connectivity index (χ3n) is 2.19. The van der Waals surface area contributed by atoms with E-state index in [1.54, 1.807) is 6.20 Å². The van der Waals surface area contributed by atoms with E-state index >= 15 is 0 Å². The number of nitrogens with zero attached hydrogens (tertiary/aromatic N) is 1. The van der Waals surface area contributed by atoms with E-state index in [0.29, 0.717) is 6.54 Å². The van der Waals surface area contributed by atoms with Crippen molar-refractivity contribution in [2.75, 3.05) is 0 Å². The van der Waals surface area contributed by atoms with Gasteiger partial charge in [0.25, 0.3) is 0 Å². The second kappa shape index (κ2) is 3.96. The van der Waals surface area contributed by atoms with Crippen molar-refractivity contribution in [1.82, 2.24) is 10.3 Å². The molecule has 2 rings (SSSR count). The molecule has 1 aromatic heterocycles. The van der Waals surface area contributed by atoms with Gasteiger partial charge < -0.3 is 11.1 Å². The molecule has 1 heterocycles. The lowest BCUT2D eigenvalue weighted by molar-refractivity contribution is 0.248. The highest BCUT2D eigenvalue weighted by Crippen LogP contribution is 2.15. The maximum atomic E-state index is 10.6. The molecule has 0 unspecified atom stereocenters. The zero-order valence-electron chi connectivity index (χ0n) is 8.10. The Hall–Kier alpha value is -2.10. The van der Waals surface area contributed by atoms with E-state index in [9.17, 15) is 4.79 Å². The molecule has 0 atom stereocenters. The average molecular weight is 201 g/mol. The van der Waals surface area contributed by atoms with Gasteiger partial charge in [-0.25, -0.2) is 4.79 Å². The SMILES string of the molecule is NC(=O)NCc1nccc2ccccc12. The normalized spacial score (nSPS) is 10.1. The van der Waals surface area contributed by atoms with Crippen LogP contribution in [0, 0.1) is 0 Å². The number of hydrogen-bond acceptors (Lipinski definition) is 2. The Morgan fingerprint density at radius 2 is 2.13 bits per heavy atom. The van der Waals surface area contributed by atoms with E-state index in [1.807, 2.05) is 30.3 Å². The van der Waals surface area contributed by atoms with Crippen LogP contribution in [0.5, 0.6) is 0 Å². The Balaban J connectivity index is 2.38. The molecule has 0 bridgehead atoms. The highest BCUT2D eigenvalue weighted by Gasteiger charge is 2.01. The van der Waals surface area contributed by atoms with Crippen LogP contribution in [0.15, 0.2) is 36.5 Å². The van der Waals surface area contributed by atoms with Gasteiger partial charge in [0.1, 0.15) is 0 Å². The van der Waals surface area contributed by atoms with Crippen LogP contribution in [0.25, 0.3) is 10.8 Å². The number of fused-ring (bicyclic) bond motifs is 1. The molecule has 2 amide bonds. The number of aromatic nitrogens is 1. The van der Waals surface area contributed by atoms with E-state index in [0.717, 1.165) is 16.5 Å². The molecule has 0 saturated carbocycles. The summed E-state index contributed by atoms with van der Waals surface area (Å²) in [7, 11) is 0. The molecule has 0 spiro atoms. The summed E-state index contributed by atoms with van der Waals surface area (Å²) in [5.74, 6) is 0. The van der Waals surface area contributed by atoms with Crippen LogP contribution in [0.4, 0.5) is 4.79 Å². The summed E-state index contributed by atoms with van der Waals surface area (Å²) in [4.78, 5) is 14.8. The van der Waals surface area contributed by atoms with Crippen molar-refractivity contribution in [2.24, 2.45) is 5.73 Å². The first-order chi connectivity index (χ1) is 7.27. The van der Waals surface area contributed by atoms with E-state index in [2.05, 4.69) is 10.3 Å². The molecular weight excluding hydrogens is 190 g/mol. The van der Waals surface area contributed by atoms with Gasteiger partial charge in [0.05, 0.1) is 12.2 Å². The van der Waals surface area contributed by atoms with Crippen LogP contribution >= 0.6 is 0 Å². The van der Waals surface area contributed by atoms with Gasteiger partial charge in [0.15, 0.2) is 0 Å². The maximum Gasteiger partial charge on any atom is 0.312 e. The van der Waals surface area contributed by atoms with Crippen LogP contribution < -0.4 is 11.1 Å². The predicted molar refractivity (Wildman–Crippen MR) is 58.2 cm³/mol. The number of nitrogens with one attached hydrogen (secondary N) is 1. The summed E-state index contributed by atoms with van der Waals surface area (Å²) in [6.07, 6.45) is 1.72. The van der Waals surface area contributed by atoms with Crippen molar-refractivity contribution in [2.45, 2.75) is 6.54 Å². The number of nitrogens with two attached hydrogens (primary N) is 1. The minimum absolute atomic E-state index is 0.358. The zero-order valence-corrected chi connectivity index (χ0v) is 8.10. The first-order valence-electron chi connectivity index (χ1n) is 4.63. The lowest BCUT2D eigenvalue weighted by atomic mass is 10.1. The Morgan fingerprint density at radius 1 is 1.33 bits per heavy atom. The number of benzene rings is 1. The van der Waals surface area contributed by atoms with Crippen LogP contribution in [0.2, 0.25) is 0 Å². The smallest absolute Gasteiger partial charge is 0.312 e. The number of hydrogen-bond donors (Lipinski definition) is 2. The van der Waals surface area contributed by atoms with E-state index in [1.165, 1.54) is 0 Å². The fourth-order valence-corrected chi connectivity index (χ4v) is 1.49. The third-order valence-corrected chi connectivity index (χ3v) is 2.19. The summed E-state index contributed by atoms with van der Waals surface area (Å²) >= 11 is 0. The zero-order chi connectivity index (χ0) is 10.7. The van der Waals surface area contributed by atoms with Gasteiger partial charge in [0, 0.05) is 11.6 Å². The topological polar surface area (TPSA) is 68.0 Å². The molecule has 0 aliphatic rings. The first-order valence-corrected chi connectivity index (χ1v) is 4.63. The Morgan fingerprint density at radius 3 is 2.93 bits per heavy atom. The number of urea groups is 1. The van der Waals surface area contributed by atoms with Gasteiger partial charge >= 0.3 is 6.03 Å². The molecule has 0 saturated heterocycles. The van der Waals surface area contributed by atoms with Crippen LogP contribution in [-0.2, 0) is 6.54 Å². The molecule has 76 valence electrons. The lowest BCUT2D eigenvalue weighted by Gasteiger charge is -2.05. The number of primary amides is 1. The molecule has 4 nitrogen and oxygen atoms in total. The van der Waals surface area contributed by atoms with Gasteiger partial charge in [-0.1, -0.05) is 24.3 Å². The Labute approximate surface area is 87.1 Å². The molecular formula is C11H11N3O. The quantitative estimate of drug-likeness (QED) is 0.771. The Bertz CT molecular complexity index is 491. The summed E-state index contributed by atoms with van der Waals surface area (Å²) < 4.78 is 0. The van der Waals surface area contributed by atoms with Crippen LogP contribution in [0.1, 0.15) is 5.69 Å². The van der Waals surface area contributed by atoms with Crippen molar-refractivity contribution >= 4 is 16.8 Å². The molecule has 1 aromatic carbocycles. The standard InChI is InChI=1S/C11H11N3O/c12-11(15)14-7-10-9-4-2-1-3-8(9)5-6-13-10/h1-6H,7H2,(H3,12,14,15). The van der Waals surface area contributed by atoms with Gasteiger partial charge in [-0.3, -0.25) is 4.98 Å². The third kappa shape index (κ3) is 2.04. The highest BCUT2D eigenvalue weighted by molar-refractivity contribution is 5.84. The molecule has 0 aliphatic heterocycles. The predicted octanol–water partition coefficient (Wildman–Crippen LogP) is 1.40. The first kappa shape index (κ1) is 9.45. The fourth-order valence-electron chi connectivity index (χ4n) is 1.49. The second-order valence-corrected chi connectivity index (χ2v) is 3.20. The average Bonchev–Trinajstić information content (AvgIpc) is 2.26. The molecule has 3 N–H and O–H groups in total. The van der Waals surface area contributed by atoms with E-state index < -0.39 is 6.03 Å². The van der Waals surface area contributed by atoms with E-state index in [-0.39, 0.29) is 0 Å². The largest absolute Gasteiger partial charge is 0.352 e. The van der Waals surface area contributed by atoms with Crippen molar-refractivity contribution in [1.29, 1.82) is 0 Å². The van der Waals surface area contributed by atoms with E-state index in [4.69, 9.17) is 5.73 Å². The fraction of sp³-hybridized carbons (Fsp3) is 0.0909. The molecule has 0 aliphatic carbocycles. The van der Waals surface area contributed by atoms with Crippen molar-refractivity contribution in [3.8, 4) is 0 Å². The second-order valence-electron chi connectivity index (χ2n) is 3.20. The number of pyridine rings is 1. The van der Waals surface area contributed by atoms with Crippen molar-refractivity contribution in [3.05, 3.63) is 42.2 Å². The van der Waals surface area contributed by atoms with Crippen molar-refractivity contribution < 1.29 is 4.79 Å². The number of carbonyl (C=O) groups excluding carboxylic acids is 1. The van der Waals surface area contributed by atoms with Crippen molar-refractivity contribution in [3.63, 3.8) is 0 Å². The Kier molecular flexibility index (Phi) is 2.49. The summed E-state index contributed by atoms with van der Waals surface area (Å²) in [5.41, 5.74) is 5.83. The molecule has 2 aromatic rings. The summed E-state index contributed by atoms with van der Waals surface area (Å²) in [6, 6.07) is 9.28. The van der Waals surface area contributed by atoms with Gasteiger partial charge in [-0.2, -0.15) is 0 Å². The molecule has 0 radical (unpaired) electrons. The highest BCUT2D eigenvalue weighted by atomic mass is 16.2. The molecule has 4 heteroatoms.